The first-order chi connectivity index (χ1) is 34.6. The first-order valence-electron chi connectivity index (χ1n) is 29.7. The number of ether oxygens (including phenoxy) is 3. The Morgan fingerprint density at radius 3 is 0.845 bits per heavy atom. The highest BCUT2D eigenvalue weighted by Crippen LogP contribution is 2.17. The molecule has 0 radical (unpaired) electrons. The van der Waals surface area contributed by atoms with Gasteiger partial charge in [0.2, 0.25) is 0 Å². The lowest BCUT2D eigenvalue weighted by Gasteiger charge is -2.33. The smallest absolute Gasteiger partial charge is 0.305 e. The summed E-state index contributed by atoms with van der Waals surface area (Å²) in [6.07, 6.45) is 59.3. The molecule has 2 N–H and O–H groups in total. The zero-order valence-corrected chi connectivity index (χ0v) is 47.1. The summed E-state index contributed by atoms with van der Waals surface area (Å²) < 4.78 is 50.2. The number of carbonyl (C=O) groups excluding carboxylic acids is 3. The average Bonchev–Trinajstić information content (AvgIpc) is 3.35. The Bertz CT molecular complexity index is 1280. The molecule has 0 aromatic carbocycles. The lowest BCUT2D eigenvalue weighted by atomic mass is 10.0. The van der Waals surface area contributed by atoms with Crippen LogP contribution in [-0.4, -0.2) is 68.5 Å². The van der Waals surface area contributed by atoms with Crippen molar-refractivity contribution in [1.29, 1.82) is 0 Å². The second kappa shape index (κ2) is 52.4. The third-order valence-corrected chi connectivity index (χ3v) is 14.0. The first kappa shape index (κ1) is 68.5. The molecule has 416 valence electrons. The minimum Gasteiger partial charge on any atom is -0.463 e. The van der Waals surface area contributed by atoms with E-state index in [1.807, 2.05) is 0 Å². The second-order valence-electron chi connectivity index (χ2n) is 20.5. The molecule has 0 spiro atoms. The topological polar surface area (TPSA) is 145 Å². The number of carbonyl (C=O) groups is 3. The number of hydrogen-bond donors (Lipinski definition) is 2. The van der Waals surface area contributed by atoms with Crippen LogP contribution in [0.3, 0.4) is 0 Å². The molecule has 0 bridgehead atoms. The third-order valence-electron chi connectivity index (χ3n) is 13.3. The van der Waals surface area contributed by atoms with Gasteiger partial charge in [0.15, 0.2) is 0 Å². The minimum atomic E-state index is -4.34. The lowest BCUT2D eigenvalue weighted by Crippen LogP contribution is -2.58. The van der Waals surface area contributed by atoms with Crippen LogP contribution in [0, 0.1) is 0 Å². The summed E-state index contributed by atoms with van der Waals surface area (Å²) in [4.78, 5) is 39.2. The molecule has 0 aromatic heterocycles. The van der Waals surface area contributed by atoms with Gasteiger partial charge in [-0.3, -0.25) is 18.9 Å². The fraction of sp³-hybridized carbons (Fsp3) is 0.850. The summed E-state index contributed by atoms with van der Waals surface area (Å²) in [7, 11) is -4.34. The fourth-order valence-electron chi connectivity index (χ4n) is 8.62. The predicted octanol–water partition coefficient (Wildman–Crippen LogP) is 16.9. The number of rotatable bonds is 55. The van der Waals surface area contributed by atoms with Crippen molar-refractivity contribution in [2.24, 2.45) is 0 Å². The van der Waals surface area contributed by atoms with Gasteiger partial charge in [0.05, 0.1) is 5.75 Å². The van der Waals surface area contributed by atoms with Crippen LogP contribution < -0.4 is 5.32 Å². The van der Waals surface area contributed by atoms with Gasteiger partial charge in [-0.15, -0.1) is 0 Å². The van der Waals surface area contributed by atoms with Crippen LogP contribution in [0.2, 0.25) is 0 Å². The van der Waals surface area contributed by atoms with E-state index >= 15 is 0 Å². The lowest BCUT2D eigenvalue weighted by molar-refractivity contribution is -0.157. The van der Waals surface area contributed by atoms with Crippen LogP contribution in [0.5, 0.6) is 0 Å². The van der Waals surface area contributed by atoms with Gasteiger partial charge in [-0.05, 0) is 96.3 Å². The number of esters is 3. The molecule has 71 heavy (non-hydrogen) atoms. The Balaban J connectivity index is 5.09. The molecule has 0 aromatic rings. The van der Waals surface area contributed by atoms with Crippen LogP contribution in [0.1, 0.15) is 290 Å². The SMILES string of the molecule is CCCCCCCC/C=C\CCCCCCCC(=O)OCC(COC(=O)CCCCCCC/C=C/CCCCCCCC)(COC(=O)CCCCCCC/C=C/CCCCCCCC)NCCS(=O)(=O)O. The van der Waals surface area contributed by atoms with Crippen LogP contribution >= 0.6 is 0 Å². The summed E-state index contributed by atoms with van der Waals surface area (Å²) >= 11 is 0. The van der Waals surface area contributed by atoms with E-state index in [2.05, 4.69) is 62.5 Å². The monoisotopic (exact) mass is 1020 g/mol. The van der Waals surface area contributed by atoms with E-state index in [0.717, 1.165) is 116 Å². The van der Waals surface area contributed by atoms with E-state index in [9.17, 15) is 27.4 Å². The summed E-state index contributed by atoms with van der Waals surface area (Å²) in [5, 5.41) is 3.03. The predicted molar refractivity (Wildman–Crippen MR) is 298 cm³/mol. The average molecular weight is 1020 g/mol. The van der Waals surface area contributed by atoms with Gasteiger partial charge >= 0.3 is 17.9 Å². The molecule has 0 saturated carbocycles. The minimum absolute atomic E-state index is 0.212. The largest absolute Gasteiger partial charge is 0.463 e. The van der Waals surface area contributed by atoms with Gasteiger partial charge in [0, 0.05) is 25.8 Å². The molecule has 0 atom stereocenters. The summed E-state index contributed by atoms with van der Waals surface area (Å²) in [5.74, 6) is -1.91. The Morgan fingerprint density at radius 2 is 0.606 bits per heavy atom. The standard InChI is InChI=1S/C60H111NO9S/c1-4-7-10-13-16-19-22-25-28-31-34-37-40-43-46-49-57(62)68-54-60(61-52-53-71(65,66)67,55-69-58(63)50-47-44-41-38-35-32-29-26-23-20-17-14-11-8-5-2)56-70-59(64)51-48-45-42-39-36-33-30-27-24-21-18-15-12-9-6-3/h25-30,61H,4-24,31-56H2,1-3H3,(H,65,66,67)/b28-25-,29-26+,30-27+. The first-order valence-corrected chi connectivity index (χ1v) is 31.3. The molecular formula is C60H111NO9S. The van der Waals surface area contributed by atoms with Crippen LogP contribution in [0.4, 0.5) is 0 Å². The highest BCUT2D eigenvalue weighted by atomic mass is 32.2. The third kappa shape index (κ3) is 52.2. The fourth-order valence-corrected chi connectivity index (χ4v) is 8.98. The van der Waals surface area contributed by atoms with Crippen molar-refractivity contribution in [1.82, 2.24) is 5.32 Å². The maximum atomic E-state index is 13.1. The number of unbranched alkanes of at least 4 members (excludes halogenated alkanes) is 33. The van der Waals surface area contributed by atoms with E-state index in [1.54, 1.807) is 0 Å². The van der Waals surface area contributed by atoms with Crippen molar-refractivity contribution in [3.8, 4) is 0 Å². The van der Waals surface area contributed by atoms with E-state index in [1.165, 1.54) is 116 Å². The van der Waals surface area contributed by atoms with Crippen molar-refractivity contribution in [3.63, 3.8) is 0 Å². The Kier molecular flexibility index (Phi) is 50.5. The van der Waals surface area contributed by atoms with Crippen molar-refractivity contribution in [2.45, 2.75) is 296 Å². The van der Waals surface area contributed by atoms with Gasteiger partial charge in [0.1, 0.15) is 25.4 Å². The number of hydrogen-bond acceptors (Lipinski definition) is 9. The van der Waals surface area contributed by atoms with E-state index in [-0.39, 0.29) is 45.6 Å². The van der Waals surface area contributed by atoms with E-state index < -0.39 is 39.3 Å². The molecule has 0 heterocycles. The maximum Gasteiger partial charge on any atom is 0.305 e. The van der Waals surface area contributed by atoms with Crippen molar-refractivity contribution in [3.05, 3.63) is 36.5 Å². The molecule has 11 heteroatoms. The van der Waals surface area contributed by atoms with E-state index in [4.69, 9.17) is 14.2 Å². The van der Waals surface area contributed by atoms with Crippen LogP contribution in [-0.2, 0) is 38.7 Å². The zero-order chi connectivity index (χ0) is 52.0. The molecule has 0 fully saturated rings. The number of nitrogens with one attached hydrogen (secondary N) is 1. The normalized spacial score (nSPS) is 12.2. The molecule has 0 aliphatic carbocycles. The molecule has 10 nitrogen and oxygen atoms in total. The van der Waals surface area contributed by atoms with Gasteiger partial charge in [-0.1, -0.05) is 211 Å². The summed E-state index contributed by atoms with van der Waals surface area (Å²) in [5.41, 5.74) is -1.40. The van der Waals surface area contributed by atoms with Crippen LogP contribution in [0.25, 0.3) is 0 Å². The zero-order valence-electron chi connectivity index (χ0n) is 46.3. The van der Waals surface area contributed by atoms with Crippen molar-refractivity contribution >= 4 is 28.0 Å². The Labute approximate surface area is 437 Å². The Morgan fingerprint density at radius 1 is 0.380 bits per heavy atom. The van der Waals surface area contributed by atoms with Crippen molar-refractivity contribution < 1.29 is 41.6 Å². The second-order valence-corrected chi connectivity index (χ2v) is 22.1. The summed E-state index contributed by atoms with van der Waals surface area (Å²) in [6.45, 7) is 5.60. The maximum absolute atomic E-state index is 13.1. The van der Waals surface area contributed by atoms with Gasteiger partial charge < -0.3 is 19.5 Å². The molecule has 0 amide bonds. The highest BCUT2D eigenvalue weighted by molar-refractivity contribution is 7.85. The van der Waals surface area contributed by atoms with Gasteiger partial charge in [0.25, 0.3) is 10.1 Å². The molecule has 0 unspecified atom stereocenters. The van der Waals surface area contributed by atoms with Crippen molar-refractivity contribution in [2.75, 3.05) is 32.1 Å². The molecule has 0 saturated heterocycles. The van der Waals surface area contributed by atoms with Crippen LogP contribution in [0.15, 0.2) is 36.5 Å². The van der Waals surface area contributed by atoms with Gasteiger partial charge in [-0.25, -0.2) is 0 Å². The van der Waals surface area contributed by atoms with E-state index in [0.29, 0.717) is 19.3 Å². The summed E-state index contributed by atoms with van der Waals surface area (Å²) in [6, 6.07) is 0. The quantitative estimate of drug-likeness (QED) is 0.0199. The Hall–Kier alpha value is -2.50. The molecular weight excluding hydrogens is 911 g/mol. The number of allylic oxidation sites excluding steroid dienone is 6. The van der Waals surface area contributed by atoms with Gasteiger partial charge in [-0.2, -0.15) is 8.42 Å². The molecule has 0 aliphatic rings. The molecule has 0 rings (SSSR count). The molecule has 0 aliphatic heterocycles. The highest BCUT2D eigenvalue weighted by Gasteiger charge is 2.36.